The van der Waals surface area contributed by atoms with E-state index in [1.54, 1.807) is 0 Å². The highest BCUT2D eigenvalue weighted by Gasteiger charge is 2.17. The molecule has 2 atom stereocenters. The molecule has 0 saturated carbocycles. The first-order chi connectivity index (χ1) is 7.52. The minimum atomic E-state index is 0.0622. The molecule has 0 aliphatic carbocycles. The van der Waals surface area contributed by atoms with Crippen LogP contribution in [0.2, 0.25) is 0 Å². The lowest BCUT2D eigenvalue weighted by Crippen LogP contribution is -1.97. The Hall–Kier alpha value is -1.18. The van der Waals surface area contributed by atoms with E-state index in [4.69, 9.17) is 0 Å². The van der Waals surface area contributed by atoms with Gasteiger partial charge in [0.25, 0.3) is 0 Å². The van der Waals surface area contributed by atoms with E-state index in [2.05, 4.69) is 27.7 Å². The van der Waals surface area contributed by atoms with Gasteiger partial charge in [0.15, 0.2) is 11.5 Å². The van der Waals surface area contributed by atoms with Gasteiger partial charge in [0.1, 0.15) is 0 Å². The molecule has 0 spiro atoms. The normalized spacial score (nSPS) is 14.8. The van der Waals surface area contributed by atoms with Gasteiger partial charge in [-0.1, -0.05) is 39.8 Å². The summed E-state index contributed by atoms with van der Waals surface area (Å²) in [7, 11) is 0. The number of phenols is 2. The zero-order valence-electron chi connectivity index (χ0n) is 10.6. The molecule has 1 rings (SSSR count). The highest BCUT2D eigenvalue weighted by molar-refractivity contribution is 5.52. The molecule has 2 nitrogen and oxygen atoms in total. The highest BCUT2D eigenvalue weighted by atomic mass is 16.3. The van der Waals surface area contributed by atoms with Gasteiger partial charge in [-0.25, -0.2) is 0 Å². The van der Waals surface area contributed by atoms with Crippen molar-refractivity contribution in [3.8, 4) is 11.5 Å². The van der Waals surface area contributed by atoms with Crippen molar-refractivity contribution in [2.24, 2.45) is 0 Å². The Morgan fingerprint density at radius 1 is 0.875 bits per heavy atom. The van der Waals surface area contributed by atoms with Gasteiger partial charge in [0.05, 0.1) is 0 Å². The summed E-state index contributed by atoms with van der Waals surface area (Å²) in [5, 5.41) is 19.9. The van der Waals surface area contributed by atoms with Gasteiger partial charge in [-0.15, -0.1) is 0 Å². The highest BCUT2D eigenvalue weighted by Crippen LogP contribution is 2.40. The maximum Gasteiger partial charge on any atom is 0.161 e. The molecule has 90 valence electrons. The van der Waals surface area contributed by atoms with E-state index >= 15 is 0 Å². The number of hydrogen-bond acceptors (Lipinski definition) is 2. The van der Waals surface area contributed by atoms with Crippen LogP contribution in [-0.2, 0) is 0 Å². The molecule has 0 saturated heterocycles. The molecule has 0 aromatic heterocycles. The molecule has 0 fully saturated rings. The molecule has 0 amide bonds. The van der Waals surface area contributed by atoms with Gasteiger partial charge < -0.3 is 10.2 Å². The standard InChI is InChI=1S/C14H22O2/c1-5-9(3)11-7-8-12(10(4)6-2)14(16)13(11)15/h7-10,15-16H,5-6H2,1-4H3. The zero-order valence-corrected chi connectivity index (χ0v) is 10.6. The Balaban J connectivity index is 3.18. The van der Waals surface area contributed by atoms with Crippen LogP contribution in [0.4, 0.5) is 0 Å². The predicted octanol–water partition coefficient (Wildman–Crippen LogP) is 4.12. The quantitative estimate of drug-likeness (QED) is 0.752. The average Bonchev–Trinajstić information content (AvgIpc) is 2.30. The molecule has 0 heterocycles. The topological polar surface area (TPSA) is 40.5 Å². The molecule has 2 unspecified atom stereocenters. The molecular weight excluding hydrogens is 200 g/mol. The van der Waals surface area contributed by atoms with Gasteiger partial charge in [0, 0.05) is 11.1 Å². The average molecular weight is 222 g/mol. The third-order valence-electron chi connectivity index (χ3n) is 3.50. The van der Waals surface area contributed by atoms with E-state index in [0.29, 0.717) is 0 Å². The summed E-state index contributed by atoms with van der Waals surface area (Å²) in [6, 6.07) is 3.87. The number of rotatable bonds is 4. The molecule has 16 heavy (non-hydrogen) atoms. The zero-order chi connectivity index (χ0) is 12.3. The van der Waals surface area contributed by atoms with Gasteiger partial charge in [-0.05, 0) is 24.7 Å². The van der Waals surface area contributed by atoms with Crippen molar-refractivity contribution in [1.29, 1.82) is 0 Å². The maximum atomic E-state index is 9.97. The van der Waals surface area contributed by atoms with Crippen molar-refractivity contribution >= 4 is 0 Å². The van der Waals surface area contributed by atoms with Crippen LogP contribution >= 0.6 is 0 Å². The third kappa shape index (κ3) is 2.31. The monoisotopic (exact) mass is 222 g/mol. The SMILES string of the molecule is CCC(C)c1ccc(C(C)CC)c(O)c1O. The van der Waals surface area contributed by atoms with Crippen LogP contribution in [0.5, 0.6) is 11.5 Å². The molecule has 1 aromatic carbocycles. The second kappa shape index (κ2) is 5.24. The van der Waals surface area contributed by atoms with Crippen LogP contribution in [-0.4, -0.2) is 10.2 Å². The minimum Gasteiger partial charge on any atom is -0.504 e. The molecular formula is C14H22O2. The second-order valence-corrected chi connectivity index (χ2v) is 4.56. The lowest BCUT2D eigenvalue weighted by molar-refractivity contribution is 0.389. The number of aromatic hydroxyl groups is 2. The summed E-state index contributed by atoms with van der Waals surface area (Å²) in [6.45, 7) is 8.25. The van der Waals surface area contributed by atoms with E-state index in [1.165, 1.54) is 0 Å². The first kappa shape index (κ1) is 12.9. The van der Waals surface area contributed by atoms with Crippen molar-refractivity contribution < 1.29 is 10.2 Å². The van der Waals surface area contributed by atoms with Crippen LogP contribution in [0.25, 0.3) is 0 Å². The molecule has 0 aliphatic heterocycles. The van der Waals surface area contributed by atoms with Crippen LogP contribution in [0, 0.1) is 0 Å². The van der Waals surface area contributed by atoms with Gasteiger partial charge in [-0.2, -0.15) is 0 Å². The van der Waals surface area contributed by atoms with Gasteiger partial charge >= 0.3 is 0 Å². The molecule has 2 heteroatoms. The van der Waals surface area contributed by atoms with Crippen molar-refractivity contribution in [2.45, 2.75) is 52.4 Å². The maximum absolute atomic E-state index is 9.97. The smallest absolute Gasteiger partial charge is 0.161 e. The summed E-state index contributed by atoms with van der Waals surface area (Å²) in [5.41, 5.74) is 1.68. The van der Waals surface area contributed by atoms with Crippen molar-refractivity contribution in [3.05, 3.63) is 23.3 Å². The fourth-order valence-corrected chi connectivity index (χ4v) is 1.85. The van der Waals surface area contributed by atoms with Crippen molar-refractivity contribution in [3.63, 3.8) is 0 Å². The Labute approximate surface area is 97.9 Å². The first-order valence-corrected chi connectivity index (χ1v) is 6.07. The summed E-state index contributed by atoms with van der Waals surface area (Å²) < 4.78 is 0. The molecule has 2 N–H and O–H groups in total. The van der Waals surface area contributed by atoms with Gasteiger partial charge in [-0.3, -0.25) is 0 Å². The number of hydrogen-bond donors (Lipinski definition) is 2. The van der Waals surface area contributed by atoms with Gasteiger partial charge in [0.2, 0.25) is 0 Å². The largest absolute Gasteiger partial charge is 0.504 e. The lowest BCUT2D eigenvalue weighted by atomic mass is 9.91. The fraction of sp³-hybridized carbons (Fsp3) is 0.571. The Morgan fingerprint density at radius 3 is 1.44 bits per heavy atom. The molecule has 0 radical (unpaired) electrons. The summed E-state index contributed by atoms with van der Waals surface area (Å²) in [4.78, 5) is 0. The van der Waals surface area contributed by atoms with Crippen LogP contribution in [0.1, 0.15) is 63.5 Å². The molecule has 1 aromatic rings. The van der Waals surface area contributed by atoms with Crippen LogP contribution in [0.3, 0.4) is 0 Å². The lowest BCUT2D eigenvalue weighted by Gasteiger charge is -2.17. The predicted molar refractivity (Wildman–Crippen MR) is 67.2 cm³/mol. The van der Waals surface area contributed by atoms with E-state index in [1.807, 2.05) is 12.1 Å². The summed E-state index contributed by atoms with van der Waals surface area (Å²) in [5.74, 6) is 0.674. The van der Waals surface area contributed by atoms with E-state index in [9.17, 15) is 10.2 Å². The first-order valence-electron chi connectivity index (χ1n) is 6.07. The minimum absolute atomic E-state index is 0.0622. The van der Waals surface area contributed by atoms with Crippen molar-refractivity contribution in [1.82, 2.24) is 0 Å². The Morgan fingerprint density at radius 2 is 1.19 bits per heavy atom. The third-order valence-corrected chi connectivity index (χ3v) is 3.50. The van der Waals surface area contributed by atoms with E-state index < -0.39 is 0 Å². The van der Waals surface area contributed by atoms with Crippen molar-refractivity contribution in [2.75, 3.05) is 0 Å². The number of benzene rings is 1. The summed E-state index contributed by atoms with van der Waals surface area (Å²) >= 11 is 0. The fourth-order valence-electron chi connectivity index (χ4n) is 1.85. The Bertz CT molecular complexity index is 323. The second-order valence-electron chi connectivity index (χ2n) is 4.56. The van der Waals surface area contributed by atoms with E-state index in [-0.39, 0.29) is 23.3 Å². The van der Waals surface area contributed by atoms with E-state index in [0.717, 1.165) is 24.0 Å². The van der Waals surface area contributed by atoms with Crippen LogP contribution in [0.15, 0.2) is 12.1 Å². The summed E-state index contributed by atoms with van der Waals surface area (Å²) in [6.07, 6.45) is 1.91. The Kier molecular flexibility index (Phi) is 4.22. The molecule has 0 aliphatic rings. The molecule has 0 bridgehead atoms. The van der Waals surface area contributed by atoms with Crippen LogP contribution < -0.4 is 0 Å². The number of phenolic OH excluding ortho intramolecular Hbond substituents is 2.